The third kappa shape index (κ3) is 3.11. The molecule has 0 spiro atoms. The molecule has 0 amide bonds. The number of rotatable bonds is 4. The molecular formula is C14H18N4. The zero-order valence-electron chi connectivity index (χ0n) is 10.8. The predicted octanol–water partition coefficient (Wildman–Crippen LogP) is 2.13. The number of aromatic nitrogens is 3. The van der Waals surface area contributed by atoms with E-state index in [0.717, 1.165) is 35.6 Å². The fourth-order valence-corrected chi connectivity index (χ4v) is 1.78. The maximum atomic E-state index is 5.97. The van der Waals surface area contributed by atoms with Crippen LogP contribution in [-0.2, 0) is 6.42 Å². The summed E-state index contributed by atoms with van der Waals surface area (Å²) in [5, 5.41) is 0. The summed E-state index contributed by atoms with van der Waals surface area (Å²) in [7, 11) is 0. The molecule has 0 aliphatic rings. The molecule has 0 saturated carbocycles. The first kappa shape index (κ1) is 12.6. The molecule has 2 rings (SSSR count). The molecule has 0 radical (unpaired) electrons. The summed E-state index contributed by atoms with van der Waals surface area (Å²) in [6, 6.07) is 6.00. The molecule has 1 atom stereocenters. The summed E-state index contributed by atoms with van der Waals surface area (Å²) >= 11 is 0. The van der Waals surface area contributed by atoms with Gasteiger partial charge in [-0.05, 0) is 31.5 Å². The molecule has 0 fully saturated rings. The second-order valence-electron chi connectivity index (χ2n) is 4.44. The number of hydrogen-bond acceptors (Lipinski definition) is 4. The smallest absolute Gasteiger partial charge is 0.161 e. The molecule has 0 saturated heterocycles. The quantitative estimate of drug-likeness (QED) is 0.892. The molecular weight excluding hydrogens is 224 g/mol. The zero-order valence-corrected chi connectivity index (χ0v) is 10.8. The molecule has 0 aliphatic heterocycles. The lowest BCUT2D eigenvalue weighted by molar-refractivity contribution is 0.635. The van der Waals surface area contributed by atoms with Crippen LogP contribution in [0.1, 0.15) is 24.7 Å². The lowest BCUT2D eigenvalue weighted by Gasteiger charge is -2.10. The molecule has 0 aromatic carbocycles. The van der Waals surface area contributed by atoms with Gasteiger partial charge in [-0.1, -0.05) is 6.92 Å². The van der Waals surface area contributed by atoms with Gasteiger partial charge in [0.1, 0.15) is 0 Å². The molecule has 4 nitrogen and oxygen atoms in total. The van der Waals surface area contributed by atoms with E-state index in [-0.39, 0.29) is 6.04 Å². The molecule has 94 valence electrons. The fourth-order valence-electron chi connectivity index (χ4n) is 1.78. The Morgan fingerprint density at radius 3 is 2.83 bits per heavy atom. The van der Waals surface area contributed by atoms with Crippen molar-refractivity contribution in [2.75, 3.05) is 0 Å². The average molecular weight is 242 g/mol. The van der Waals surface area contributed by atoms with Crippen molar-refractivity contribution < 1.29 is 0 Å². The summed E-state index contributed by atoms with van der Waals surface area (Å²) in [6.07, 6.45) is 5.25. The monoisotopic (exact) mass is 242 g/mol. The Morgan fingerprint density at radius 1 is 1.33 bits per heavy atom. The van der Waals surface area contributed by atoms with E-state index >= 15 is 0 Å². The number of hydrogen-bond donors (Lipinski definition) is 1. The van der Waals surface area contributed by atoms with Gasteiger partial charge >= 0.3 is 0 Å². The van der Waals surface area contributed by atoms with Gasteiger partial charge in [0.2, 0.25) is 0 Å². The maximum Gasteiger partial charge on any atom is 0.161 e. The van der Waals surface area contributed by atoms with Crippen LogP contribution in [0, 0.1) is 6.92 Å². The molecule has 0 bridgehead atoms. The topological polar surface area (TPSA) is 64.7 Å². The molecule has 4 heteroatoms. The van der Waals surface area contributed by atoms with Crippen LogP contribution < -0.4 is 5.73 Å². The second kappa shape index (κ2) is 5.69. The van der Waals surface area contributed by atoms with Crippen LogP contribution in [0.3, 0.4) is 0 Å². The van der Waals surface area contributed by atoms with Crippen LogP contribution in [0.25, 0.3) is 11.4 Å². The third-order valence-corrected chi connectivity index (χ3v) is 2.82. The van der Waals surface area contributed by atoms with Gasteiger partial charge in [0.25, 0.3) is 0 Å². The van der Waals surface area contributed by atoms with Crippen LogP contribution in [0.5, 0.6) is 0 Å². The first-order valence-corrected chi connectivity index (χ1v) is 6.19. The van der Waals surface area contributed by atoms with Crippen LogP contribution >= 0.6 is 0 Å². The Labute approximate surface area is 107 Å². The standard InChI is InChI=1S/C14H18N4/c1-3-12(15)8-13-7-10(2)17-14(18-13)11-5-4-6-16-9-11/h4-7,9,12H,3,8,15H2,1-2H3. The van der Waals surface area contributed by atoms with E-state index in [1.54, 1.807) is 12.4 Å². The Kier molecular flexibility index (Phi) is 3.99. The van der Waals surface area contributed by atoms with Crippen molar-refractivity contribution in [3.8, 4) is 11.4 Å². The van der Waals surface area contributed by atoms with Crippen LogP contribution in [-0.4, -0.2) is 21.0 Å². The van der Waals surface area contributed by atoms with Gasteiger partial charge in [-0.25, -0.2) is 9.97 Å². The van der Waals surface area contributed by atoms with E-state index in [0.29, 0.717) is 0 Å². The zero-order chi connectivity index (χ0) is 13.0. The summed E-state index contributed by atoms with van der Waals surface area (Å²) in [6.45, 7) is 4.06. The Hall–Kier alpha value is -1.81. The molecule has 18 heavy (non-hydrogen) atoms. The fraction of sp³-hybridized carbons (Fsp3) is 0.357. The van der Waals surface area contributed by atoms with Crippen molar-refractivity contribution in [1.82, 2.24) is 15.0 Å². The van der Waals surface area contributed by atoms with Crippen molar-refractivity contribution in [3.63, 3.8) is 0 Å². The van der Waals surface area contributed by atoms with Crippen molar-refractivity contribution in [1.29, 1.82) is 0 Å². The van der Waals surface area contributed by atoms with E-state index in [4.69, 9.17) is 5.73 Å². The maximum absolute atomic E-state index is 5.97. The summed E-state index contributed by atoms with van der Waals surface area (Å²) in [5.41, 5.74) is 8.86. The van der Waals surface area contributed by atoms with Crippen molar-refractivity contribution in [2.45, 2.75) is 32.7 Å². The van der Waals surface area contributed by atoms with E-state index in [2.05, 4.69) is 21.9 Å². The third-order valence-electron chi connectivity index (χ3n) is 2.82. The first-order chi connectivity index (χ1) is 8.69. The van der Waals surface area contributed by atoms with Gasteiger partial charge in [0, 0.05) is 41.8 Å². The lowest BCUT2D eigenvalue weighted by atomic mass is 10.1. The van der Waals surface area contributed by atoms with Gasteiger partial charge in [-0.15, -0.1) is 0 Å². The summed E-state index contributed by atoms with van der Waals surface area (Å²) in [5.74, 6) is 0.724. The highest BCUT2D eigenvalue weighted by Gasteiger charge is 2.07. The minimum absolute atomic E-state index is 0.154. The van der Waals surface area contributed by atoms with Crippen LogP contribution in [0.2, 0.25) is 0 Å². The van der Waals surface area contributed by atoms with Crippen molar-refractivity contribution in [2.24, 2.45) is 5.73 Å². The van der Waals surface area contributed by atoms with E-state index in [1.807, 2.05) is 25.1 Å². The minimum atomic E-state index is 0.154. The highest BCUT2D eigenvalue weighted by atomic mass is 14.9. The molecule has 2 aromatic rings. The van der Waals surface area contributed by atoms with E-state index in [9.17, 15) is 0 Å². The second-order valence-corrected chi connectivity index (χ2v) is 4.44. The normalized spacial score (nSPS) is 12.4. The summed E-state index contributed by atoms with van der Waals surface area (Å²) in [4.78, 5) is 13.1. The highest BCUT2D eigenvalue weighted by Crippen LogP contribution is 2.15. The molecule has 0 aliphatic carbocycles. The first-order valence-electron chi connectivity index (χ1n) is 6.19. The Bertz CT molecular complexity index is 510. The van der Waals surface area contributed by atoms with Gasteiger partial charge in [-0.3, -0.25) is 4.98 Å². The molecule has 2 heterocycles. The minimum Gasteiger partial charge on any atom is -0.327 e. The van der Waals surface area contributed by atoms with E-state index in [1.165, 1.54) is 0 Å². The molecule has 2 N–H and O–H groups in total. The van der Waals surface area contributed by atoms with Crippen molar-refractivity contribution in [3.05, 3.63) is 42.0 Å². The predicted molar refractivity (Wildman–Crippen MR) is 72.0 cm³/mol. The highest BCUT2D eigenvalue weighted by molar-refractivity contribution is 5.53. The van der Waals surface area contributed by atoms with Gasteiger partial charge in [0.05, 0.1) is 0 Å². The summed E-state index contributed by atoms with van der Waals surface area (Å²) < 4.78 is 0. The van der Waals surface area contributed by atoms with Crippen molar-refractivity contribution >= 4 is 0 Å². The van der Waals surface area contributed by atoms with Gasteiger partial charge < -0.3 is 5.73 Å². The number of nitrogens with zero attached hydrogens (tertiary/aromatic N) is 3. The number of pyridine rings is 1. The van der Waals surface area contributed by atoms with Gasteiger partial charge in [-0.2, -0.15) is 0 Å². The van der Waals surface area contributed by atoms with Crippen LogP contribution in [0.4, 0.5) is 0 Å². The molecule has 2 aromatic heterocycles. The number of aryl methyl sites for hydroxylation is 1. The largest absolute Gasteiger partial charge is 0.327 e. The van der Waals surface area contributed by atoms with Crippen LogP contribution in [0.15, 0.2) is 30.6 Å². The average Bonchev–Trinajstić information content (AvgIpc) is 2.39. The Morgan fingerprint density at radius 2 is 2.17 bits per heavy atom. The lowest BCUT2D eigenvalue weighted by Crippen LogP contribution is -2.22. The Balaban J connectivity index is 2.32. The van der Waals surface area contributed by atoms with Gasteiger partial charge in [0.15, 0.2) is 5.82 Å². The SMILES string of the molecule is CCC(N)Cc1cc(C)nc(-c2cccnc2)n1. The molecule has 1 unspecified atom stereocenters. The van der Waals surface area contributed by atoms with E-state index < -0.39 is 0 Å². The number of nitrogens with two attached hydrogens (primary N) is 1.